The second-order valence-corrected chi connectivity index (χ2v) is 9.34. The van der Waals surface area contributed by atoms with Crippen molar-refractivity contribution in [2.75, 3.05) is 6.61 Å². The van der Waals surface area contributed by atoms with E-state index in [0.29, 0.717) is 6.61 Å². The molecule has 0 aliphatic heterocycles. The average molecular weight is 365 g/mol. The minimum Gasteiger partial charge on any atom is -0.476 e. The van der Waals surface area contributed by atoms with E-state index < -0.39 is 19.1 Å². The largest absolute Gasteiger partial charge is 0.476 e. The van der Waals surface area contributed by atoms with Gasteiger partial charge in [-0.1, -0.05) is 54.6 Å². The van der Waals surface area contributed by atoms with Crippen molar-refractivity contribution < 1.29 is 14.6 Å². The quantitative estimate of drug-likeness (QED) is 0.653. The fraction of sp³-hybridized carbons (Fsp3) is 0.136. The Labute approximate surface area is 154 Å². The van der Waals surface area contributed by atoms with Crippen molar-refractivity contribution in [3.8, 4) is 0 Å². The maximum Gasteiger partial charge on any atom is 0.374 e. The van der Waals surface area contributed by atoms with Gasteiger partial charge in [-0.05, 0) is 43.3 Å². The zero-order valence-corrected chi connectivity index (χ0v) is 15.6. The lowest BCUT2D eigenvalue weighted by molar-refractivity contribution is -0.144. The van der Waals surface area contributed by atoms with Crippen molar-refractivity contribution in [1.29, 1.82) is 0 Å². The molecule has 3 aromatic carbocycles. The Morgan fingerprint density at radius 1 is 0.808 bits per heavy atom. The van der Waals surface area contributed by atoms with Crippen molar-refractivity contribution in [3.05, 3.63) is 91.0 Å². The van der Waals surface area contributed by atoms with Gasteiger partial charge in [0.15, 0.2) is 7.26 Å². The van der Waals surface area contributed by atoms with E-state index in [2.05, 4.69) is 0 Å². The summed E-state index contributed by atoms with van der Waals surface area (Å²) in [5.41, 5.74) is 0. The summed E-state index contributed by atoms with van der Waals surface area (Å²) < 4.78 is 5.88. The smallest absolute Gasteiger partial charge is 0.374 e. The molecule has 0 spiro atoms. The standard InChI is InChI=1S/C22H21O3P/c1-2-25-22(21(23)24)26(18-12-6-3-7-13-18,19-14-8-4-9-15-19)20-16-10-5-11-17-20/h3-17,22H,2H2,1H3/p+1. The molecule has 0 bridgehead atoms. The Bertz CT molecular complexity index is 738. The number of hydrogen-bond donors (Lipinski definition) is 1. The van der Waals surface area contributed by atoms with Gasteiger partial charge in [-0.3, -0.25) is 0 Å². The number of carboxylic acids is 1. The van der Waals surface area contributed by atoms with E-state index in [1.54, 1.807) is 0 Å². The lowest BCUT2D eigenvalue weighted by Gasteiger charge is -2.31. The number of rotatable bonds is 7. The number of hydrogen-bond acceptors (Lipinski definition) is 2. The Balaban J connectivity index is 2.40. The molecule has 0 aliphatic carbocycles. The summed E-state index contributed by atoms with van der Waals surface area (Å²) in [6, 6.07) is 29.7. The maximum atomic E-state index is 12.4. The van der Waals surface area contributed by atoms with Crippen molar-refractivity contribution in [3.63, 3.8) is 0 Å². The average Bonchev–Trinajstić information content (AvgIpc) is 2.70. The van der Waals surface area contributed by atoms with Gasteiger partial charge in [-0.15, -0.1) is 0 Å². The number of ether oxygens (including phenoxy) is 1. The molecule has 0 heterocycles. The van der Waals surface area contributed by atoms with Crippen molar-refractivity contribution in [2.45, 2.75) is 12.8 Å². The van der Waals surface area contributed by atoms with Crippen LogP contribution in [0.4, 0.5) is 0 Å². The molecular weight excluding hydrogens is 343 g/mol. The molecule has 3 nitrogen and oxygen atoms in total. The third-order valence-electron chi connectivity index (χ3n) is 4.38. The predicted octanol–water partition coefficient (Wildman–Crippen LogP) is 3.43. The molecule has 0 aliphatic rings. The molecule has 132 valence electrons. The van der Waals surface area contributed by atoms with Crippen LogP contribution in [0.2, 0.25) is 0 Å². The minimum absolute atomic E-state index is 0.339. The summed E-state index contributed by atoms with van der Waals surface area (Å²) in [5, 5.41) is 13.1. The van der Waals surface area contributed by atoms with Gasteiger partial charge >= 0.3 is 5.97 Å². The summed E-state index contributed by atoms with van der Waals surface area (Å²) in [4.78, 5) is 12.4. The molecule has 0 aromatic heterocycles. The molecule has 1 unspecified atom stereocenters. The maximum absolute atomic E-state index is 12.4. The first-order chi connectivity index (χ1) is 12.7. The SMILES string of the molecule is CCOC(C(=O)O)[P+](c1ccccc1)(c1ccccc1)c1ccccc1. The number of carbonyl (C=O) groups is 1. The van der Waals surface area contributed by atoms with Gasteiger partial charge in [0.25, 0.3) is 5.85 Å². The van der Waals surface area contributed by atoms with Crippen LogP contribution in [0.5, 0.6) is 0 Å². The molecule has 0 saturated heterocycles. The van der Waals surface area contributed by atoms with Crippen LogP contribution in [0.1, 0.15) is 6.92 Å². The molecule has 1 atom stereocenters. The van der Waals surface area contributed by atoms with Gasteiger partial charge in [0, 0.05) is 6.61 Å². The molecule has 0 fully saturated rings. The van der Waals surface area contributed by atoms with Crippen molar-refractivity contribution in [1.82, 2.24) is 0 Å². The van der Waals surface area contributed by atoms with Gasteiger partial charge in [0.1, 0.15) is 15.9 Å². The van der Waals surface area contributed by atoms with Crippen LogP contribution in [-0.2, 0) is 9.53 Å². The zero-order chi connectivity index (χ0) is 18.4. The van der Waals surface area contributed by atoms with Crippen LogP contribution in [0.15, 0.2) is 91.0 Å². The molecular formula is C22H22O3P+. The van der Waals surface area contributed by atoms with E-state index in [0.717, 1.165) is 15.9 Å². The highest BCUT2D eigenvalue weighted by atomic mass is 31.2. The van der Waals surface area contributed by atoms with Gasteiger partial charge < -0.3 is 9.84 Å². The van der Waals surface area contributed by atoms with Crippen LogP contribution in [0.3, 0.4) is 0 Å². The minimum atomic E-state index is -2.56. The predicted molar refractivity (Wildman–Crippen MR) is 108 cm³/mol. The van der Waals surface area contributed by atoms with E-state index in [1.165, 1.54) is 0 Å². The normalized spacial score (nSPS) is 12.5. The highest BCUT2D eigenvalue weighted by Gasteiger charge is 2.57. The van der Waals surface area contributed by atoms with E-state index >= 15 is 0 Å². The molecule has 26 heavy (non-hydrogen) atoms. The summed E-state index contributed by atoms with van der Waals surface area (Å²) in [6.45, 7) is 2.18. The van der Waals surface area contributed by atoms with E-state index in [1.807, 2.05) is 97.9 Å². The first-order valence-corrected chi connectivity index (χ1v) is 10.5. The zero-order valence-electron chi connectivity index (χ0n) is 14.7. The summed E-state index contributed by atoms with van der Waals surface area (Å²) in [5.74, 6) is -1.88. The summed E-state index contributed by atoms with van der Waals surface area (Å²) >= 11 is 0. The van der Waals surface area contributed by atoms with Crippen LogP contribution < -0.4 is 15.9 Å². The second-order valence-electron chi connectivity index (χ2n) is 5.88. The van der Waals surface area contributed by atoms with Gasteiger partial charge in [-0.25, -0.2) is 4.79 Å². The lowest BCUT2D eigenvalue weighted by Crippen LogP contribution is -2.43. The Kier molecular flexibility index (Phi) is 5.82. The molecule has 1 N–H and O–H groups in total. The highest BCUT2D eigenvalue weighted by molar-refractivity contribution is 7.96. The third kappa shape index (κ3) is 3.29. The lowest BCUT2D eigenvalue weighted by atomic mass is 10.4. The third-order valence-corrected chi connectivity index (χ3v) is 8.79. The van der Waals surface area contributed by atoms with E-state index in [9.17, 15) is 9.90 Å². The molecule has 0 saturated carbocycles. The monoisotopic (exact) mass is 365 g/mol. The highest BCUT2D eigenvalue weighted by Crippen LogP contribution is 2.60. The van der Waals surface area contributed by atoms with E-state index in [4.69, 9.17) is 4.74 Å². The van der Waals surface area contributed by atoms with E-state index in [-0.39, 0.29) is 0 Å². The molecule has 0 radical (unpaired) electrons. The molecule has 0 amide bonds. The van der Waals surface area contributed by atoms with Gasteiger partial charge in [-0.2, -0.15) is 0 Å². The molecule has 4 heteroatoms. The van der Waals surface area contributed by atoms with Crippen LogP contribution in [0.25, 0.3) is 0 Å². The number of aliphatic carboxylic acids is 1. The van der Waals surface area contributed by atoms with Crippen LogP contribution in [-0.4, -0.2) is 23.5 Å². The summed E-state index contributed by atoms with van der Waals surface area (Å²) in [6.07, 6.45) is 0. The van der Waals surface area contributed by atoms with Crippen LogP contribution >= 0.6 is 7.26 Å². The van der Waals surface area contributed by atoms with Gasteiger partial charge in [0.2, 0.25) is 0 Å². The Morgan fingerprint density at radius 2 is 1.15 bits per heavy atom. The summed E-state index contributed by atoms with van der Waals surface area (Å²) in [7, 11) is -2.56. The topological polar surface area (TPSA) is 46.5 Å². The van der Waals surface area contributed by atoms with Crippen molar-refractivity contribution in [2.24, 2.45) is 0 Å². The fourth-order valence-corrected chi connectivity index (χ4v) is 7.69. The van der Waals surface area contributed by atoms with Crippen LogP contribution in [0, 0.1) is 0 Å². The fourth-order valence-electron chi connectivity index (χ4n) is 3.35. The number of carboxylic acid groups (broad SMARTS) is 1. The molecule has 3 rings (SSSR count). The Hall–Kier alpha value is -2.48. The Morgan fingerprint density at radius 3 is 1.42 bits per heavy atom. The number of benzene rings is 3. The second kappa shape index (κ2) is 8.27. The first kappa shape index (κ1) is 18.3. The van der Waals surface area contributed by atoms with Crippen molar-refractivity contribution >= 4 is 29.1 Å². The van der Waals surface area contributed by atoms with Gasteiger partial charge in [0.05, 0.1) is 0 Å². The first-order valence-electron chi connectivity index (χ1n) is 8.61. The molecule has 3 aromatic rings.